The van der Waals surface area contributed by atoms with Crippen LogP contribution < -0.4 is 15.4 Å². The van der Waals surface area contributed by atoms with Crippen molar-refractivity contribution in [3.63, 3.8) is 0 Å². The average Bonchev–Trinajstić information content (AvgIpc) is 2.89. The lowest BCUT2D eigenvalue weighted by Crippen LogP contribution is -2.21. The van der Waals surface area contributed by atoms with Crippen LogP contribution in [-0.2, 0) is 19.8 Å². The number of benzene rings is 3. The molecule has 0 fully saturated rings. The predicted molar refractivity (Wildman–Crippen MR) is 150 cm³/mol. The lowest BCUT2D eigenvalue weighted by molar-refractivity contribution is 0.281. The highest BCUT2D eigenvalue weighted by Gasteiger charge is 2.15. The molecular formula is C26H28N6O4S2. The Morgan fingerprint density at radius 2 is 1.53 bits per heavy atom. The molecule has 0 saturated carbocycles. The summed E-state index contributed by atoms with van der Waals surface area (Å²) < 4.78 is 47.4. The Morgan fingerprint density at radius 1 is 0.895 bits per heavy atom. The molecule has 1 heterocycles. The molecule has 3 aromatic carbocycles. The molecule has 0 radical (unpaired) electrons. The van der Waals surface area contributed by atoms with Crippen LogP contribution in [0, 0.1) is 4.78 Å². The standard InChI is InChI=1S/C26H28N6O4S2/c1-18(17-33)29-25-24(16-28-26(31-25)30-20-12-14-22(15-13-20)37(2,27)34)19-8-10-21(11-9-19)32-38(35,36)23-6-4-3-5-7-23/h3-16,18,27,32-33H,17H2,1-2H3,(H2,28,29,30,31)/t18-,37+/m1/s1. The Balaban J connectivity index is 1.58. The molecule has 0 bridgehead atoms. The fourth-order valence-electron chi connectivity index (χ4n) is 3.50. The summed E-state index contributed by atoms with van der Waals surface area (Å²) >= 11 is 0. The van der Waals surface area contributed by atoms with Crippen molar-refractivity contribution in [2.45, 2.75) is 22.8 Å². The van der Waals surface area contributed by atoms with E-state index in [2.05, 4.69) is 25.3 Å². The van der Waals surface area contributed by atoms with E-state index in [0.29, 0.717) is 33.6 Å². The number of aliphatic hydroxyl groups is 1. The molecule has 38 heavy (non-hydrogen) atoms. The van der Waals surface area contributed by atoms with Crippen molar-refractivity contribution >= 4 is 42.9 Å². The topological polar surface area (TPSA) is 157 Å². The number of rotatable bonds is 10. The Labute approximate surface area is 222 Å². The van der Waals surface area contributed by atoms with Crippen molar-refractivity contribution in [2.24, 2.45) is 0 Å². The van der Waals surface area contributed by atoms with Crippen LogP contribution >= 0.6 is 0 Å². The molecule has 0 spiro atoms. The van der Waals surface area contributed by atoms with Gasteiger partial charge in [-0.3, -0.25) is 4.72 Å². The number of nitrogens with one attached hydrogen (secondary N) is 4. The monoisotopic (exact) mass is 552 g/mol. The third-order valence-electron chi connectivity index (χ3n) is 5.51. The van der Waals surface area contributed by atoms with Crippen LogP contribution in [0.1, 0.15) is 6.92 Å². The SMILES string of the molecule is C[C@H](CO)Nc1nc(Nc2ccc([S@@](C)(=N)=O)cc2)ncc1-c1ccc(NS(=O)(=O)c2ccccc2)cc1. The lowest BCUT2D eigenvalue weighted by atomic mass is 10.1. The number of nitrogens with zero attached hydrogens (tertiary/aromatic N) is 2. The van der Waals surface area contributed by atoms with Gasteiger partial charge in [0.25, 0.3) is 10.0 Å². The molecule has 10 nitrogen and oxygen atoms in total. The summed E-state index contributed by atoms with van der Waals surface area (Å²) in [5.74, 6) is 0.769. The third kappa shape index (κ3) is 6.65. The second-order valence-electron chi connectivity index (χ2n) is 8.67. The van der Waals surface area contributed by atoms with E-state index < -0.39 is 19.8 Å². The van der Waals surface area contributed by atoms with Gasteiger partial charge < -0.3 is 15.7 Å². The van der Waals surface area contributed by atoms with Crippen LogP contribution in [0.15, 0.2) is 94.9 Å². The molecule has 0 aliphatic carbocycles. The van der Waals surface area contributed by atoms with Gasteiger partial charge in [0.1, 0.15) is 5.82 Å². The van der Waals surface area contributed by atoms with Crippen LogP contribution in [0.25, 0.3) is 11.1 Å². The van der Waals surface area contributed by atoms with Crippen LogP contribution in [0.5, 0.6) is 0 Å². The average molecular weight is 553 g/mol. The van der Waals surface area contributed by atoms with Crippen molar-refractivity contribution < 1.29 is 17.7 Å². The van der Waals surface area contributed by atoms with E-state index in [4.69, 9.17) is 4.78 Å². The first-order valence-corrected chi connectivity index (χ1v) is 15.0. The maximum absolute atomic E-state index is 12.6. The molecule has 0 aliphatic heterocycles. The molecule has 2 atom stereocenters. The second kappa shape index (κ2) is 11.2. The Hall–Kier alpha value is -4.00. The van der Waals surface area contributed by atoms with Crippen LogP contribution in [0.2, 0.25) is 0 Å². The molecule has 1 aromatic heterocycles. The molecule has 4 rings (SSSR count). The van der Waals surface area contributed by atoms with Gasteiger partial charge in [0.05, 0.1) is 21.2 Å². The Morgan fingerprint density at radius 3 is 2.13 bits per heavy atom. The maximum Gasteiger partial charge on any atom is 0.261 e. The van der Waals surface area contributed by atoms with E-state index >= 15 is 0 Å². The number of aromatic nitrogens is 2. The molecule has 0 unspecified atom stereocenters. The summed E-state index contributed by atoms with van der Waals surface area (Å²) in [6.07, 6.45) is 2.99. The van der Waals surface area contributed by atoms with Crippen molar-refractivity contribution in [3.05, 3.63) is 85.1 Å². The van der Waals surface area contributed by atoms with Gasteiger partial charge in [-0.25, -0.2) is 22.4 Å². The molecule has 0 saturated heterocycles. The second-order valence-corrected chi connectivity index (χ2v) is 12.5. The first-order valence-electron chi connectivity index (χ1n) is 11.6. The number of sulfonamides is 1. The fourth-order valence-corrected chi connectivity index (χ4v) is 5.24. The smallest absolute Gasteiger partial charge is 0.261 e. The van der Waals surface area contributed by atoms with Crippen molar-refractivity contribution in [3.8, 4) is 11.1 Å². The van der Waals surface area contributed by atoms with Gasteiger partial charge in [0, 0.05) is 40.3 Å². The Bertz CT molecular complexity index is 1610. The van der Waals surface area contributed by atoms with Crippen LogP contribution in [-0.4, -0.2) is 46.6 Å². The Kier molecular flexibility index (Phi) is 7.95. The highest BCUT2D eigenvalue weighted by Crippen LogP contribution is 2.30. The molecule has 0 aliphatic rings. The summed E-state index contributed by atoms with van der Waals surface area (Å²) in [5.41, 5.74) is 2.46. The van der Waals surface area contributed by atoms with E-state index in [1.807, 2.05) is 6.92 Å². The minimum atomic E-state index is -3.71. The molecule has 4 aromatic rings. The molecule has 198 valence electrons. The zero-order valence-electron chi connectivity index (χ0n) is 20.8. The fraction of sp³-hybridized carbons (Fsp3) is 0.154. The number of anilines is 4. The van der Waals surface area contributed by atoms with E-state index in [1.54, 1.807) is 72.9 Å². The zero-order chi connectivity index (χ0) is 27.3. The van der Waals surface area contributed by atoms with Gasteiger partial charge in [-0.15, -0.1) is 0 Å². The van der Waals surface area contributed by atoms with E-state index in [1.165, 1.54) is 18.4 Å². The normalized spacial score (nSPS) is 13.8. The summed E-state index contributed by atoms with van der Waals surface area (Å²) in [7, 11) is -6.52. The summed E-state index contributed by atoms with van der Waals surface area (Å²) in [4.78, 5) is 9.58. The van der Waals surface area contributed by atoms with Gasteiger partial charge in [0.2, 0.25) is 5.95 Å². The summed E-state index contributed by atoms with van der Waals surface area (Å²) in [5, 5.41) is 15.8. The van der Waals surface area contributed by atoms with Gasteiger partial charge in [0.15, 0.2) is 0 Å². The van der Waals surface area contributed by atoms with Crippen molar-refractivity contribution in [2.75, 3.05) is 28.2 Å². The minimum Gasteiger partial charge on any atom is -0.394 e. The first-order chi connectivity index (χ1) is 18.0. The number of hydrogen-bond donors (Lipinski definition) is 5. The van der Waals surface area contributed by atoms with Crippen molar-refractivity contribution in [1.82, 2.24) is 9.97 Å². The molecule has 0 amide bonds. The van der Waals surface area contributed by atoms with Gasteiger partial charge in [-0.1, -0.05) is 30.3 Å². The van der Waals surface area contributed by atoms with Crippen molar-refractivity contribution in [1.29, 1.82) is 4.78 Å². The zero-order valence-corrected chi connectivity index (χ0v) is 22.4. The lowest BCUT2D eigenvalue weighted by Gasteiger charge is -2.17. The van der Waals surface area contributed by atoms with Crippen LogP contribution in [0.4, 0.5) is 23.1 Å². The largest absolute Gasteiger partial charge is 0.394 e. The van der Waals surface area contributed by atoms with E-state index in [-0.39, 0.29) is 17.5 Å². The highest BCUT2D eigenvalue weighted by atomic mass is 32.2. The molecule has 12 heteroatoms. The predicted octanol–water partition coefficient (Wildman–Crippen LogP) is 4.52. The quantitative estimate of drug-likeness (QED) is 0.192. The van der Waals surface area contributed by atoms with E-state index in [0.717, 1.165) is 5.56 Å². The molecule has 5 N–H and O–H groups in total. The first kappa shape index (κ1) is 27.0. The third-order valence-corrected chi connectivity index (χ3v) is 8.08. The van der Waals surface area contributed by atoms with E-state index in [9.17, 15) is 17.7 Å². The highest BCUT2D eigenvalue weighted by molar-refractivity contribution is 7.92. The van der Waals surface area contributed by atoms with Gasteiger partial charge >= 0.3 is 0 Å². The number of hydrogen-bond acceptors (Lipinski definition) is 9. The van der Waals surface area contributed by atoms with Crippen LogP contribution in [0.3, 0.4) is 0 Å². The summed E-state index contributed by atoms with van der Waals surface area (Å²) in [6.45, 7) is 1.69. The van der Waals surface area contributed by atoms with Gasteiger partial charge in [-0.2, -0.15) is 4.98 Å². The maximum atomic E-state index is 12.6. The summed E-state index contributed by atoms with van der Waals surface area (Å²) in [6, 6.07) is 21.3. The molecular weight excluding hydrogens is 524 g/mol. The minimum absolute atomic E-state index is 0.114. The number of aliphatic hydroxyl groups excluding tert-OH is 1. The van der Waals surface area contributed by atoms with Gasteiger partial charge in [-0.05, 0) is 61.0 Å².